The first-order chi connectivity index (χ1) is 15.1. The fraction of sp³-hybridized carbons (Fsp3) is 0.417. The number of likely N-dealkylation sites (tertiary alicyclic amines) is 1. The molecule has 2 N–H and O–H groups in total. The van der Waals surface area contributed by atoms with E-state index in [9.17, 15) is 4.79 Å². The highest BCUT2D eigenvalue weighted by molar-refractivity contribution is 7.80. The van der Waals surface area contributed by atoms with E-state index in [1.54, 1.807) is 14.2 Å². The summed E-state index contributed by atoms with van der Waals surface area (Å²) in [6.07, 6.45) is 2.31. The fourth-order valence-corrected chi connectivity index (χ4v) is 4.40. The molecule has 1 aliphatic heterocycles. The molecule has 7 heteroatoms. The SMILES string of the molecule is COc1ccc(C2CN(C(=S)NC3CC3)CC2C(=O)NCc2ccccc2)c(OC)c1. The number of methoxy groups -OCH3 is 2. The molecule has 1 heterocycles. The van der Waals surface area contributed by atoms with Crippen molar-refractivity contribution in [2.45, 2.75) is 31.3 Å². The van der Waals surface area contributed by atoms with Crippen LogP contribution in [0.2, 0.25) is 0 Å². The van der Waals surface area contributed by atoms with Crippen LogP contribution in [0.1, 0.15) is 29.9 Å². The van der Waals surface area contributed by atoms with E-state index in [0.717, 1.165) is 40.6 Å². The molecule has 4 rings (SSSR count). The monoisotopic (exact) mass is 439 g/mol. The van der Waals surface area contributed by atoms with Crippen molar-refractivity contribution in [1.29, 1.82) is 0 Å². The maximum absolute atomic E-state index is 13.3. The van der Waals surface area contributed by atoms with Crippen LogP contribution in [0.25, 0.3) is 0 Å². The number of rotatable bonds is 7. The predicted molar refractivity (Wildman–Crippen MR) is 124 cm³/mol. The first-order valence-electron chi connectivity index (χ1n) is 10.7. The molecule has 1 saturated carbocycles. The quantitative estimate of drug-likeness (QED) is 0.647. The number of carbonyl (C=O) groups excluding carboxylic acids is 1. The molecule has 2 aromatic rings. The van der Waals surface area contributed by atoms with Crippen molar-refractivity contribution >= 4 is 23.2 Å². The Morgan fingerprint density at radius 3 is 2.55 bits per heavy atom. The van der Waals surface area contributed by atoms with Crippen molar-refractivity contribution in [2.75, 3.05) is 27.3 Å². The number of thiocarbonyl (C=S) groups is 1. The number of benzene rings is 2. The van der Waals surface area contributed by atoms with Crippen molar-refractivity contribution in [3.05, 3.63) is 59.7 Å². The highest BCUT2D eigenvalue weighted by Crippen LogP contribution is 2.39. The molecule has 2 aliphatic rings. The van der Waals surface area contributed by atoms with Crippen LogP contribution in [-0.4, -0.2) is 49.3 Å². The molecule has 6 nitrogen and oxygen atoms in total. The van der Waals surface area contributed by atoms with Crippen molar-refractivity contribution < 1.29 is 14.3 Å². The molecule has 164 valence electrons. The van der Waals surface area contributed by atoms with Crippen LogP contribution in [0.3, 0.4) is 0 Å². The van der Waals surface area contributed by atoms with Crippen LogP contribution in [-0.2, 0) is 11.3 Å². The largest absolute Gasteiger partial charge is 0.497 e. The van der Waals surface area contributed by atoms with E-state index >= 15 is 0 Å². The van der Waals surface area contributed by atoms with E-state index < -0.39 is 0 Å². The summed E-state index contributed by atoms with van der Waals surface area (Å²) in [5, 5.41) is 7.26. The van der Waals surface area contributed by atoms with Gasteiger partial charge in [0, 0.05) is 43.2 Å². The minimum Gasteiger partial charge on any atom is -0.497 e. The van der Waals surface area contributed by atoms with Crippen LogP contribution < -0.4 is 20.1 Å². The van der Waals surface area contributed by atoms with Gasteiger partial charge in [0.1, 0.15) is 11.5 Å². The van der Waals surface area contributed by atoms with Crippen molar-refractivity contribution in [1.82, 2.24) is 15.5 Å². The normalized spacial score (nSPS) is 20.3. The number of nitrogens with zero attached hydrogens (tertiary/aromatic N) is 1. The molecular formula is C24H29N3O3S. The molecule has 1 amide bonds. The highest BCUT2D eigenvalue weighted by atomic mass is 32.1. The lowest BCUT2D eigenvalue weighted by atomic mass is 9.87. The molecule has 1 aliphatic carbocycles. The predicted octanol–water partition coefficient (Wildman–Crippen LogP) is 3.07. The second-order valence-corrected chi connectivity index (χ2v) is 8.54. The zero-order valence-electron chi connectivity index (χ0n) is 18.0. The Balaban J connectivity index is 1.55. The molecule has 2 atom stereocenters. The van der Waals surface area contributed by atoms with Gasteiger partial charge in [-0.15, -0.1) is 0 Å². The Labute approximate surface area is 188 Å². The molecule has 0 spiro atoms. The van der Waals surface area contributed by atoms with Crippen molar-refractivity contribution in [3.8, 4) is 11.5 Å². The van der Waals surface area contributed by atoms with E-state index in [2.05, 4.69) is 15.5 Å². The fourth-order valence-electron chi connectivity index (χ4n) is 4.08. The van der Waals surface area contributed by atoms with E-state index in [1.807, 2.05) is 48.5 Å². The summed E-state index contributed by atoms with van der Waals surface area (Å²) >= 11 is 5.65. The number of amides is 1. The topological polar surface area (TPSA) is 62.8 Å². The number of ether oxygens (including phenoxy) is 2. The summed E-state index contributed by atoms with van der Waals surface area (Å²) < 4.78 is 11.0. The van der Waals surface area contributed by atoms with E-state index in [0.29, 0.717) is 25.7 Å². The van der Waals surface area contributed by atoms with E-state index in [-0.39, 0.29) is 17.7 Å². The van der Waals surface area contributed by atoms with E-state index in [1.165, 1.54) is 0 Å². The highest BCUT2D eigenvalue weighted by Gasteiger charge is 2.41. The lowest BCUT2D eigenvalue weighted by molar-refractivity contribution is -0.125. The van der Waals surface area contributed by atoms with Crippen LogP contribution in [0, 0.1) is 5.92 Å². The summed E-state index contributed by atoms with van der Waals surface area (Å²) in [4.78, 5) is 15.4. The van der Waals surface area contributed by atoms with Gasteiger partial charge in [-0.3, -0.25) is 4.79 Å². The summed E-state index contributed by atoms with van der Waals surface area (Å²) in [5.41, 5.74) is 2.08. The van der Waals surface area contributed by atoms with Crippen LogP contribution >= 0.6 is 12.2 Å². The average molecular weight is 440 g/mol. The van der Waals surface area contributed by atoms with Gasteiger partial charge in [0.15, 0.2) is 5.11 Å². The Hall–Kier alpha value is -2.80. The van der Waals surface area contributed by atoms with Crippen LogP contribution in [0.15, 0.2) is 48.5 Å². The molecular weight excluding hydrogens is 410 g/mol. The Kier molecular flexibility index (Phi) is 6.61. The van der Waals surface area contributed by atoms with Gasteiger partial charge in [0.05, 0.1) is 20.1 Å². The zero-order valence-corrected chi connectivity index (χ0v) is 18.8. The smallest absolute Gasteiger partial charge is 0.225 e. The van der Waals surface area contributed by atoms with Gasteiger partial charge >= 0.3 is 0 Å². The lowest BCUT2D eigenvalue weighted by Gasteiger charge is -2.21. The van der Waals surface area contributed by atoms with Crippen molar-refractivity contribution in [3.63, 3.8) is 0 Å². The molecule has 2 aromatic carbocycles. The third kappa shape index (κ3) is 5.10. The Bertz CT molecular complexity index is 933. The van der Waals surface area contributed by atoms with Gasteiger partial charge in [-0.05, 0) is 36.7 Å². The van der Waals surface area contributed by atoms with Gasteiger partial charge in [0.2, 0.25) is 5.91 Å². The Morgan fingerprint density at radius 2 is 1.87 bits per heavy atom. The third-order valence-corrected chi connectivity index (χ3v) is 6.37. The van der Waals surface area contributed by atoms with Gasteiger partial charge in [0.25, 0.3) is 0 Å². The summed E-state index contributed by atoms with van der Waals surface area (Å²) in [7, 11) is 3.28. The molecule has 2 unspecified atom stereocenters. The number of hydrogen-bond acceptors (Lipinski definition) is 4. The summed E-state index contributed by atoms with van der Waals surface area (Å²) in [6.45, 7) is 1.76. The summed E-state index contributed by atoms with van der Waals surface area (Å²) in [6, 6.07) is 16.2. The second kappa shape index (κ2) is 9.56. The molecule has 31 heavy (non-hydrogen) atoms. The first kappa shape index (κ1) is 21.4. The maximum Gasteiger partial charge on any atom is 0.225 e. The van der Waals surface area contributed by atoms with Gasteiger partial charge in [-0.2, -0.15) is 0 Å². The molecule has 2 fully saturated rings. The van der Waals surface area contributed by atoms with Gasteiger partial charge in [-0.25, -0.2) is 0 Å². The molecule has 0 aromatic heterocycles. The number of hydrogen-bond donors (Lipinski definition) is 2. The average Bonchev–Trinajstić information content (AvgIpc) is 3.51. The molecule has 0 radical (unpaired) electrons. The lowest BCUT2D eigenvalue weighted by Crippen LogP contribution is -2.40. The van der Waals surface area contributed by atoms with Crippen molar-refractivity contribution in [2.24, 2.45) is 5.92 Å². The Morgan fingerprint density at radius 1 is 1.10 bits per heavy atom. The third-order valence-electron chi connectivity index (χ3n) is 6.00. The molecule has 1 saturated heterocycles. The molecule has 0 bridgehead atoms. The zero-order chi connectivity index (χ0) is 21.8. The summed E-state index contributed by atoms with van der Waals surface area (Å²) in [5.74, 6) is 1.23. The maximum atomic E-state index is 13.3. The van der Waals surface area contributed by atoms with Gasteiger partial charge in [-0.1, -0.05) is 36.4 Å². The van der Waals surface area contributed by atoms with E-state index in [4.69, 9.17) is 21.7 Å². The van der Waals surface area contributed by atoms with Crippen LogP contribution in [0.4, 0.5) is 0 Å². The first-order valence-corrected chi connectivity index (χ1v) is 11.1. The van der Waals surface area contributed by atoms with Gasteiger partial charge < -0.3 is 25.0 Å². The minimum atomic E-state index is -0.232. The number of nitrogens with one attached hydrogen (secondary N) is 2. The van der Waals surface area contributed by atoms with Crippen LogP contribution in [0.5, 0.6) is 11.5 Å². The minimum absolute atomic E-state index is 0.0310. The second-order valence-electron chi connectivity index (χ2n) is 8.15. The standard InChI is InChI=1S/C24H29N3O3S/c1-29-18-10-11-19(22(12-18)30-2)20-14-27(24(31)26-17-8-9-17)15-21(20)23(28)25-13-16-6-4-3-5-7-16/h3-7,10-12,17,20-21H,8-9,13-15H2,1-2H3,(H,25,28)(H,26,31). The number of carbonyl (C=O) groups is 1.